The van der Waals surface area contributed by atoms with Gasteiger partial charge < -0.3 is 20.1 Å². The highest BCUT2D eigenvalue weighted by atomic mass is 31.2. The number of hydrogen-bond acceptors (Lipinski definition) is 8. The molecule has 0 aromatic heterocycles. The normalized spacial score (nSPS) is 13.8. The summed E-state index contributed by atoms with van der Waals surface area (Å²) in [5.41, 5.74) is 5.36. The predicted molar refractivity (Wildman–Crippen MR) is 256 cm³/mol. The lowest BCUT2D eigenvalue weighted by atomic mass is 10.0. The van der Waals surface area contributed by atoms with Gasteiger partial charge in [0.25, 0.3) is 0 Å². The lowest BCUT2D eigenvalue weighted by molar-refractivity contribution is -0.161. The standard InChI is InChI=1S/C51H90NO8P/c1-3-5-7-9-11-13-15-17-19-21-23-24-26-28-30-32-34-36-38-40-42-44-51(54)60-49(48-59-61(55,56)58-46-45-52)47-57-50(53)43-41-39-37-35-33-31-29-27-25-22-20-18-16-14-12-10-8-6-4-2/h5,7,11,13,17,19,23-24,28,30,34,36,49H,3-4,6,8-10,12,14-16,18,20-22,25-27,29,31-33,35,37-48,52H2,1-2H3,(H,55,56)/b7-5-,13-11-,19-17-,24-23-,30-28-,36-34-. The van der Waals surface area contributed by atoms with Crippen molar-refractivity contribution >= 4 is 19.8 Å². The molecule has 0 saturated heterocycles. The Labute approximate surface area is 373 Å². The van der Waals surface area contributed by atoms with Crippen LogP contribution < -0.4 is 5.73 Å². The third-order valence-corrected chi connectivity index (χ3v) is 11.1. The molecule has 0 aromatic carbocycles. The van der Waals surface area contributed by atoms with Gasteiger partial charge in [-0.2, -0.15) is 0 Å². The summed E-state index contributed by atoms with van der Waals surface area (Å²) in [6.45, 7) is 3.58. The minimum absolute atomic E-state index is 0.0436. The van der Waals surface area contributed by atoms with Crippen LogP contribution in [0.25, 0.3) is 0 Å². The van der Waals surface area contributed by atoms with Gasteiger partial charge in [-0.1, -0.05) is 202 Å². The molecular weight excluding hydrogens is 786 g/mol. The van der Waals surface area contributed by atoms with E-state index in [1.165, 1.54) is 103 Å². The predicted octanol–water partition coefficient (Wildman–Crippen LogP) is 14.6. The Kier molecular flexibility index (Phi) is 45.0. The number of allylic oxidation sites excluding steroid dienone is 12. The molecular formula is C51H90NO8P. The molecule has 0 aliphatic carbocycles. The van der Waals surface area contributed by atoms with Crippen molar-refractivity contribution in [2.24, 2.45) is 5.73 Å². The SMILES string of the molecule is CC/C=C\C/C=C\C/C=C\C/C=C\C/C=C\C/C=C\CCCCC(=O)OC(COC(=O)CCCCCCCCCCCCCCCCCCCCC)COP(=O)(O)OCCN. The summed E-state index contributed by atoms with van der Waals surface area (Å²) in [5.74, 6) is -0.877. The van der Waals surface area contributed by atoms with Crippen LogP contribution in [0.3, 0.4) is 0 Å². The highest BCUT2D eigenvalue weighted by molar-refractivity contribution is 7.47. The highest BCUT2D eigenvalue weighted by Gasteiger charge is 2.26. The average molecular weight is 876 g/mol. The summed E-state index contributed by atoms with van der Waals surface area (Å²) in [5, 5.41) is 0. The first-order valence-corrected chi connectivity index (χ1v) is 25.9. The van der Waals surface area contributed by atoms with Gasteiger partial charge in [0.1, 0.15) is 6.61 Å². The van der Waals surface area contributed by atoms with E-state index < -0.39 is 32.5 Å². The van der Waals surface area contributed by atoms with Crippen molar-refractivity contribution < 1.29 is 37.6 Å². The molecule has 0 aliphatic heterocycles. The van der Waals surface area contributed by atoms with Crippen LogP contribution in [0.4, 0.5) is 0 Å². The largest absolute Gasteiger partial charge is 0.472 e. The topological polar surface area (TPSA) is 134 Å². The van der Waals surface area contributed by atoms with Crippen molar-refractivity contribution in [3.63, 3.8) is 0 Å². The zero-order chi connectivity index (χ0) is 44.6. The van der Waals surface area contributed by atoms with Crippen molar-refractivity contribution in [3.8, 4) is 0 Å². The van der Waals surface area contributed by atoms with E-state index in [1.54, 1.807) is 0 Å². The molecule has 2 atom stereocenters. The smallest absolute Gasteiger partial charge is 0.462 e. The zero-order valence-corrected chi connectivity index (χ0v) is 39.8. The number of esters is 2. The Morgan fingerprint density at radius 3 is 1.34 bits per heavy atom. The third-order valence-electron chi connectivity index (χ3n) is 10.1. The maximum absolute atomic E-state index is 12.6. The fraction of sp³-hybridized carbons (Fsp3) is 0.725. The number of phosphoric acid groups is 1. The summed E-state index contributed by atoms with van der Waals surface area (Å²) in [6.07, 6.45) is 58.0. The Bertz CT molecular complexity index is 1230. The van der Waals surface area contributed by atoms with Crippen LogP contribution in [0.5, 0.6) is 0 Å². The van der Waals surface area contributed by atoms with Gasteiger partial charge in [-0.05, 0) is 64.2 Å². The molecule has 0 amide bonds. The maximum atomic E-state index is 12.6. The van der Waals surface area contributed by atoms with E-state index in [0.717, 1.165) is 70.6 Å². The van der Waals surface area contributed by atoms with Crippen molar-refractivity contribution in [3.05, 3.63) is 72.9 Å². The second-order valence-electron chi connectivity index (χ2n) is 16.0. The van der Waals surface area contributed by atoms with Crippen LogP contribution in [0.1, 0.15) is 206 Å². The molecule has 2 unspecified atom stereocenters. The Morgan fingerprint density at radius 2 is 0.902 bits per heavy atom. The summed E-state index contributed by atoms with van der Waals surface area (Å²) in [7, 11) is -4.40. The van der Waals surface area contributed by atoms with Crippen LogP contribution in [0.15, 0.2) is 72.9 Å². The molecule has 0 heterocycles. The van der Waals surface area contributed by atoms with Crippen molar-refractivity contribution in [2.45, 2.75) is 213 Å². The monoisotopic (exact) mass is 876 g/mol. The first kappa shape index (κ1) is 58.5. The number of nitrogens with two attached hydrogens (primary N) is 1. The number of phosphoric ester groups is 1. The van der Waals surface area contributed by atoms with E-state index in [9.17, 15) is 19.0 Å². The minimum Gasteiger partial charge on any atom is -0.462 e. The molecule has 0 fully saturated rings. The molecule has 61 heavy (non-hydrogen) atoms. The quantitative estimate of drug-likeness (QED) is 0.0265. The van der Waals surface area contributed by atoms with Gasteiger partial charge in [0.05, 0.1) is 13.2 Å². The van der Waals surface area contributed by atoms with Gasteiger partial charge in [-0.25, -0.2) is 4.57 Å². The summed E-state index contributed by atoms with van der Waals surface area (Å²) >= 11 is 0. The molecule has 10 heteroatoms. The molecule has 0 bridgehead atoms. The molecule has 0 saturated carbocycles. The average Bonchev–Trinajstić information content (AvgIpc) is 3.25. The number of unbranched alkanes of at least 4 members (excludes halogenated alkanes) is 20. The van der Waals surface area contributed by atoms with Crippen molar-refractivity contribution in [2.75, 3.05) is 26.4 Å². The zero-order valence-electron chi connectivity index (χ0n) is 38.9. The summed E-state index contributed by atoms with van der Waals surface area (Å²) < 4.78 is 32.8. The van der Waals surface area contributed by atoms with E-state index in [1.807, 2.05) is 0 Å². The third kappa shape index (κ3) is 46.8. The van der Waals surface area contributed by atoms with Crippen LogP contribution in [0, 0.1) is 0 Å². The first-order chi connectivity index (χ1) is 29.8. The fourth-order valence-corrected chi connectivity index (χ4v) is 7.29. The van der Waals surface area contributed by atoms with E-state index in [0.29, 0.717) is 6.42 Å². The molecule has 0 rings (SSSR count). The van der Waals surface area contributed by atoms with Gasteiger partial charge in [0, 0.05) is 19.4 Å². The van der Waals surface area contributed by atoms with Crippen LogP contribution in [0.2, 0.25) is 0 Å². The second-order valence-corrected chi connectivity index (χ2v) is 17.4. The van der Waals surface area contributed by atoms with Crippen LogP contribution in [-0.2, 0) is 32.7 Å². The number of carbonyl (C=O) groups excluding carboxylic acids is 2. The van der Waals surface area contributed by atoms with Gasteiger partial charge in [-0.15, -0.1) is 0 Å². The van der Waals surface area contributed by atoms with Gasteiger partial charge in [0.2, 0.25) is 0 Å². The van der Waals surface area contributed by atoms with E-state index in [4.69, 9.17) is 24.3 Å². The van der Waals surface area contributed by atoms with Gasteiger partial charge >= 0.3 is 19.8 Å². The van der Waals surface area contributed by atoms with E-state index in [2.05, 4.69) is 86.8 Å². The first-order valence-electron chi connectivity index (χ1n) is 24.4. The van der Waals surface area contributed by atoms with Crippen molar-refractivity contribution in [1.29, 1.82) is 0 Å². The molecule has 0 radical (unpaired) electrons. The Balaban J connectivity index is 4.17. The lowest BCUT2D eigenvalue weighted by Crippen LogP contribution is -2.29. The van der Waals surface area contributed by atoms with Crippen LogP contribution in [-0.4, -0.2) is 49.3 Å². The highest BCUT2D eigenvalue weighted by Crippen LogP contribution is 2.43. The van der Waals surface area contributed by atoms with Crippen molar-refractivity contribution in [1.82, 2.24) is 0 Å². The van der Waals surface area contributed by atoms with Gasteiger partial charge in [-0.3, -0.25) is 18.6 Å². The van der Waals surface area contributed by atoms with E-state index in [-0.39, 0.29) is 32.6 Å². The minimum atomic E-state index is -4.40. The number of rotatable bonds is 45. The van der Waals surface area contributed by atoms with E-state index >= 15 is 0 Å². The summed E-state index contributed by atoms with van der Waals surface area (Å²) in [4.78, 5) is 35.0. The number of hydrogen-bond donors (Lipinski definition) is 2. The van der Waals surface area contributed by atoms with Crippen LogP contribution >= 0.6 is 7.82 Å². The molecule has 0 aromatic rings. The second kappa shape index (κ2) is 46.9. The number of ether oxygens (including phenoxy) is 2. The van der Waals surface area contributed by atoms with Gasteiger partial charge in [0.15, 0.2) is 6.10 Å². The maximum Gasteiger partial charge on any atom is 0.472 e. The molecule has 0 spiro atoms. The molecule has 9 nitrogen and oxygen atoms in total. The molecule has 3 N–H and O–H groups in total. The fourth-order valence-electron chi connectivity index (χ4n) is 6.52. The number of carbonyl (C=O) groups is 2. The lowest BCUT2D eigenvalue weighted by Gasteiger charge is -2.19. The Morgan fingerprint density at radius 1 is 0.508 bits per heavy atom. The summed E-state index contributed by atoms with van der Waals surface area (Å²) in [6, 6.07) is 0. The Hall–Kier alpha value is -2.55. The molecule has 0 aliphatic rings. The molecule has 352 valence electrons.